The minimum Gasteiger partial charge on any atom is -0.481 e. The summed E-state index contributed by atoms with van der Waals surface area (Å²) in [7, 11) is 1.33. The molecule has 1 amide bonds. The van der Waals surface area contributed by atoms with E-state index < -0.39 is 11.9 Å². The number of esters is 1. The Kier molecular flexibility index (Phi) is 4.02. The Bertz CT molecular complexity index is 537. The molecule has 1 saturated heterocycles. The fourth-order valence-electron chi connectivity index (χ4n) is 2.16. The number of ether oxygens (including phenoxy) is 1. The summed E-state index contributed by atoms with van der Waals surface area (Å²) in [6, 6.07) is 6.88. The summed E-state index contributed by atoms with van der Waals surface area (Å²) in [5.41, 5.74) is 1.43. The molecule has 1 unspecified atom stereocenters. The lowest BCUT2D eigenvalue weighted by molar-refractivity contribution is -0.142. The third-order valence-corrected chi connectivity index (χ3v) is 3.30. The number of hydrogen-bond acceptors (Lipinski definition) is 4. The Morgan fingerprint density at radius 1 is 1.35 bits per heavy atom. The van der Waals surface area contributed by atoms with Crippen LogP contribution >= 0.6 is 0 Å². The lowest BCUT2D eigenvalue weighted by Gasteiger charge is -2.16. The van der Waals surface area contributed by atoms with Gasteiger partial charge in [0.05, 0.1) is 19.4 Å². The van der Waals surface area contributed by atoms with Crippen molar-refractivity contribution >= 4 is 23.5 Å². The zero-order valence-corrected chi connectivity index (χ0v) is 11.0. The molecule has 1 atom stereocenters. The highest BCUT2D eigenvalue weighted by Crippen LogP contribution is 2.25. The van der Waals surface area contributed by atoms with Gasteiger partial charge in [-0.25, -0.2) is 0 Å². The molecule has 0 spiro atoms. The molecule has 20 heavy (non-hydrogen) atoms. The summed E-state index contributed by atoms with van der Waals surface area (Å²) >= 11 is 0. The number of carboxylic acid groups (broad SMARTS) is 1. The molecule has 1 aliphatic rings. The average molecular weight is 277 g/mol. The highest BCUT2D eigenvalue weighted by atomic mass is 16.5. The van der Waals surface area contributed by atoms with Gasteiger partial charge in [0, 0.05) is 18.7 Å². The molecule has 1 fully saturated rings. The molecular formula is C14H15NO5. The van der Waals surface area contributed by atoms with Crippen molar-refractivity contribution in [2.24, 2.45) is 5.92 Å². The predicted molar refractivity (Wildman–Crippen MR) is 70.3 cm³/mol. The zero-order valence-electron chi connectivity index (χ0n) is 11.0. The van der Waals surface area contributed by atoms with Gasteiger partial charge in [0.1, 0.15) is 0 Å². The highest BCUT2D eigenvalue weighted by Gasteiger charge is 2.34. The number of amides is 1. The fourth-order valence-corrected chi connectivity index (χ4v) is 2.16. The first kappa shape index (κ1) is 14.0. The van der Waals surface area contributed by atoms with E-state index in [-0.39, 0.29) is 31.3 Å². The van der Waals surface area contributed by atoms with Crippen LogP contribution in [-0.2, 0) is 25.5 Å². The van der Waals surface area contributed by atoms with Gasteiger partial charge in [-0.3, -0.25) is 14.4 Å². The van der Waals surface area contributed by atoms with E-state index in [1.165, 1.54) is 12.0 Å². The van der Waals surface area contributed by atoms with E-state index in [1.807, 2.05) is 0 Å². The van der Waals surface area contributed by atoms with Crippen molar-refractivity contribution in [1.29, 1.82) is 0 Å². The normalized spacial score (nSPS) is 18.1. The standard InChI is InChI=1S/C14H15NO5/c1-20-13(17)6-9-2-4-11(5-3-9)15-8-10(14(18)19)7-12(15)16/h2-5,10H,6-8H2,1H3,(H,18,19). The van der Waals surface area contributed by atoms with Crippen LogP contribution in [0.1, 0.15) is 12.0 Å². The SMILES string of the molecule is COC(=O)Cc1ccc(N2CC(C(=O)O)CC2=O)cc1. The van der Waals surface area contributed by atoms with Gasteiger partial charge in [0.25, 0.3) is 0 Å². The maximum atomic E-state index is 11.8. The Balaban J connectivity index is 2.08. The van der Waals surface area contributed by atoms with Crippen LogP contribution in [0, 0.1) is 5.92 Å². The topological polar surface area (TPSA) is 83.9 Å². The first-order chi connectivity index (χ1) is 9.51. The Labute approximate surface area is 115 Å². The number of benzene rings is 1. The van der Waals surface area contributed by atoms with Gasteiger partial charge in [-0.05, 0) is 17.7 Å². The third kappa shape index (κ3) is 2.96. The van der Waals surface area contributed by atoms with Crippen LogP contribution in [-0.4, -0.2) is 36.6 Å². The van der Waals surface area contributed by atoms with Crippen molar-refractivity contribution < 1.29 is 24.2 Å². The Hall–Kier alpha value is -2.37. The van der Waals surface area contributed by atoms with Crippen molar-refractivity contribution in [3.63, 3.8) is 0 Å². The molecule has 0 saturated carbocycles. The van der Waals surface area contributed by atoms with Crippen LogP contribution in [0.25, 0.3) is 0 Å². The van der Waals surface area contributed by atoms with Gasteiger partial charge >= 0.3 is 11.9 Å². The van der Waals surface area contributed by atoms with Crippen LogP contribution in [0.5, 0.6) is 0 Å². The second-order valence-corrected chi connectivity index (χ2v) is 4.66. The number of methoxy groups -OCH3 is 1. The van der Waals surface area contributed by atoms with Gasteiger partial charge < -0.3 is 14.7 Å². The molecule has 1 aliphatic heterocycles. The molecule has 0 radical (unpaired) electrons. The van der Waals surface area contributed by atoms with Gasteiger partial charge in [-0.1, -0.05) is 12.1 Å². The molecule has 106 valence electrons. The summed E-state index contributed by atoms with van der Waals surface area (Å²) in [5, 5.41) is 8.94. The van der Waals surface area contributed by atoms with E-state index >= 15 is 0 Å². The van der Waals surface area contributed by atoms with Gasteiger partial charge in [-0.2, -0.15) is 0 Å². The molecule has 6 heteroatoms. The maximum Gasteiger partial charge on any atom is 0.309 e. The van der Waals surface area contributed by atoms with Crippen LogP contribution in [0.2, 0.25) is 0 Å². The number of aliphatic carboxylic acids is 1. The smallest absolute Gasteiger partial charge is 0.309 e. The second kappa shape index (κ2) is 5.73. The summed E-state index contributed by atoms with van der Waals surface area (Å²) in [5.74, 6) is -2.14. The molecule has 1 N–H and O–H groups in total. The largest absolute Gasteiger partial charge is 0.481 e. The van der Waals surface area contributed by atoms with Gasteiger partial charge in [0.2, 0.25) is 5.91 Å². The predicted octanol–water partition coefficient (Wildman–Crippen LogP) is 0.840. The van der Waals surface area contributed by atoms with E-state index in [0.29, 0.717) is 5.69 Å². The number of rotatable bonds is 4. The van der Waals surface area contributed by atoms with E-state index in [0.717, 1.165) is 5.56 Å². The van der Waals surface area contributed by atoms with Crippen molar-refractivity contribution in [2.45, 2.75) is 12.8 Å². The number of carbonyl (C=O) groups is 3. The lowest BCUT2D eigenvalue weighted by Crippen LogP contribution is -2.25. The number of nitrogens with zero attached hydrogens (tertiary/aromatic N) is 1. The maximum absolute atomic E-state index is 11.8. The summed E-state index contributed by atoms with van der Waals surface area (Å²) in [6.45, 7) is 0.185. The molecule has 0 aliphatic carbocycles. The van der Waals surface area contributed by atoms with Crippen molar-refractivity contribution in [2.75, 3.05) is 18.6 Å². The molecular weight excluding hydrogens is 262 g/mol. The molecule has 1 heterocycles. The van der Waals surface area contributed by atoms with Crippen LogP contribution in [0.15, 0.2) is 24.3 Å². The number of carbonyl (C=O) groups excluding carboxylic acids is 2. The molecule has 6 nitrogen and oxygen atoms in total. The average Bonchev–Trinajstić information content (AvgIpc) is 2.82. The van der Waals surface area contributed by atoms with Crippen molar-refractivity contribution in [3.8, 4) is 0 Å². The number of hydrogen-bond donors (Lipinski definition) is 1. The van der Waals surface area contributed by atoms with Gasteiger partial charge in [0.15, 0.2) is 0 Å². The van der Waals surface area contributed by atoms with Crippen molar-refractivity contribution in [3.05, 3.63) is 29.8 Å². The van der Waals surface area contributed by atoms with E-state index in [1.54, 1.807) is 24.3 Å². The van der Waals surface area contributed by atoms with Gasteiger partial charge in [-0.15, -0.1) is 0 Å². The quantitative estimate of drug-likeness (QED) is 0.824. The Morgan fingerprint density at radius 2 is 2.00 bits per heavy atom. The first-order valence-electron chi connectivity index (χ1n) is 6.20. The van der Waals surface area contributed by atoms with Crippen molar-refractivity contribution in [1.82, 2.24) is 0 Å². The molecule has 1 aromatic carbocycles. The monoisotopic (exact) mass is 277 g/mol. The van der Waals surface area contributed by atoms with Crippen LogP contribution < -0.4 is 4.90 Å². The molecule has 0 aromatic heterocycles. The number of carboxylic acids is 1. The van der Waals surface area contributed by atoms with Crippen LogP contribution in [0.4, 0.5) is 5.69 Å². The summed E-state index contributed by atoms with van der Waals surface area (Å²) in [4.78, 5) is 35.3. The first-order valence-corrected chi connectivity index (χ1v) is 6.20. The molecule has 0 bridgehead atoms. The van der Waals surface area contributed by atoms with Crippen LogP contribution in [0.3, 0.4) is 0 Å². The summed E-state index contributed by atoms with van der Waals surface area (Å²) < 4.78 is 4.57. The lowest BCUT2D eigenvalue weighted by atomic mass is 10.1. The minimum absolute atomic E-state index is 0.0270. The Morgan fingerprint density at radius 3 is 2.50 bits per heavy atom. The van der Waals surface area contributed by atoms with E-state index in [2.05, 4.69) is 4.74 Å². The minimum atomic E-state index is -0.955. The number of anilines is 1. The second-order valence-electron chi connectivity index (χ2n) is 4.66. The third-order valence-electron chi connectivity index (χ3n) is 3.30. The van der Waals surface area contributed by atoms with E-state index in [4.69, 9.17) is 5.11 Å². The fraction of sp³-hybridized carbons (Fsp3) is 0.357. The summed E-state index contributed by atoms with van der Waals surface area (Å²) in [6.07, 6.45) is 0.196. The molecule has 1 aromatic rings. The zero-order chi connectivity index (χ0) is 14.7. The highest BCUT2D eigenvalue weighted by molar-refractivity contribution is 5.99. The van der Waals surface area contributed by atoms with E-state index in [9.17, 15) is 14.4 Å². The molecule has 2 rings (SSSR count).